The van der Waals surface area contributed by atoms with Crippen LogP contribution >= 0.6 is 0 Å². The molecule has 0 spiro atoms. The lowest BCUT2D eigenvalue weighted by Crippen LogP contribution is -2.25. The third-order valence-corrected chi connectivity index (χ3v) is 2.08. The summed E-state index contributed by atoms with van der Waals surface area (Å²) in [5.41, 5.74) is 1.50. The normalized spacial score (nSPS) is 9.59. The molecule has 5 nitrogen and oxygen atoms in total. The number of carbonyl (C=O) groups excluding carboxylic acids is 2. The summed E-state index contributed by atoms with van der Waals surface area (Å²) in [7, 11) is 3.79. The van der Waals surface area contributed by atoms with Crippen molar-refractivity contribution >= 4 is 23.3 Å². The number of hydrogen-bond acceptors (Lipinski definition) is 4. The third kappa shape index (κ3) is 3.79. The molecule has 1 aromatic rings. The van der Waals surface area contributed by atoms with Crippen LogP contribution in [0.25, 0.3) is 0 Å². The fourth-order valence-electron chi connectivity index (χ4n) is 1.24. The second-order valence-corrected chi connectivity index (χ2v) is 3.62. The average molecular weight is 236 g/mol. The maximum atomic E-state index is 11.4. The highest BCUT2D eigenvalue weighted by Crippen LogP contribution is 2.17. The molecule has 0 unspecified atom stereocenters. The number of esters is 1. The largest absolute Gasteiger partial charge is 0.459 e. The molecule has 0 bridgehead atoms. The summed E-state index contributed by atoms with van der Waals surface area (Å²) >= 11 is 0. The Morgan fingerprint density at radius 3 is 2.65 bits per heavy atom. The van der Waals surface area contributed by atoms with Crippen LogP contribution in [0.4, 0.5) is 11.4 Å². The maximum absolute atomic E-state index is 11.4. The quantitative estimate of drug-likeness (QED) is 0.634. The first kappa shape index (κ1) is 13.0. The van der Waals surface area contributed by atoms with Gasteiger partial charge in [0.1, 0.15) is 0 Å². The zero-order valence-corrected chi connectivity index (χ0v) is 10.2. The number of ether oxygens (including phenoxy) is 1. The van der Waals surface area contributed by atoms with Crippen LogP contribution in [0, 0.1) is 0 Å². The summed E-state index contributed by atoms with van der Waals surface area (Å²) in [4.78, 5) is 24.4. The fraction of sp³-hybridized carbons (Fsp3) is 0.333. The van der Waals surface area contributed by atoms with Crippen LogP contribution in [0.1, 0.15) is 6.92 Å². The average Bonchev–Trinajstić information content (AvgIpc) is 2.29. The Balaban J connectivity index is 2.71. The van der Waals surface area contributed by atoms with Gasteiger partial charge in [0, 0.05) is 25.5 Å². The molecule has 0 saturated heterocycles. The Kier molecular flexibility index (Phi) is 4.51. The van der Waals surface area contributed by atoms with Gasteiger partial charge in [-0.25, -0.2) is 4.79 Å². The van der Waals surface area contributed by atoms with E-state index in [2.05, 4.69) is 10.1 Å². The molecule has 1 rings (SSSR count). The molecule has 0 aliphatic rings. The van der Waals surface area contributed by atoms with Crippen molar-refractivity contribution in [2.24, 2.45) is 0 Å². The van der Waals surface area contributed by atoms with E-state index in [-0.39, 0.29) is 6.61 Å². The number of anilines is 2. The number of nitrogens with one attached hydrogen (secondary N) is 1. The Morgan fingerprint density at radius 1 is 1.35 bits per heavy atom. The number of amides is 1. The molecule has 0 heterocycles. The Hall–Kier alpha value is -2.04. The van der Waals surface area contributed by atoms with Crippen molar-refractivity contribution in [2.45, 2.75) is 6.92 Å². The third-order valence-electron chi connectivity index (χ3n) is 2.08. The van der Waals surface area contributed by atoms with Crippen LogP contribution in [0.5, 0.6) is 0 Å². The molecule has 0 aromatic heterocycles. The first-order valence-electron chi connectivity index (χ1n) is 5.30. The smallest absolute Gasteiger partial charge is 0.397 e. The highest BCUT2D eigenvalue weighted by molar-refractivity contribution is 6.37. The van der Waals surface area contributed by atoms with Crippen molar-refractivity contribution in [3.63, 3.8) is 0 Å². The summed E-state index contributed by atoms with van der Waals surface area (Å²) < 4.78 is 4.59. The topological polar surface area (TPSA) is 58.6 Å². The maximum Gasteiger partial charge on any atom is 0.397 e. The van der Waals surface area contributed by atoms with Crippen molar-refractivity contribution in [1.29, 1.82) is 0 Å². The van der Waals surface area contributed by atoms with Crippen molar-refractivity contribution in [3.8, 4) is 0 Å². The van der Waals surface area contributed by atoms with Gasteiger partial charge in [0.15, 0.2) is 0 Å². The molecule has 1 amide bonds. The van der Waals surface area contributed by atoms with Gasteiger partial charge in [-0.1, -0.05) is 6.07 Å². The Bertz CT molecular complexity index is 416. The number of benzene rings is 1. The monoisotopic (exact) mass is 236 g/mol. The first-order valence-corrected chi connectivity index (χ1v) is 5.30. The summed E-state index contributed by atoms with van der Waals surface area (Å²) in [5.74, 6) is -1.63. The van der Waals surface area contributed by atoms with Crippen LogP contribution in [0.3, 0.4) is 0 Å². The molecule has 92 valence electrons. The van der Waals surface area contributed by atoms with Crippen molar-refractivity contribution in [3.05, 3.63) is 24.3 Å². The van der Waals surface area contributed by atoms with Gasteiger partial charge in [0.05, 0.1) is 6.61 Å². The van der Waals surface area contributed by atoms with Crippen molar-refractivity contribution in [1.82, 2.24) is 0 Å². The van der Waals surface area contributed by atoms with Gasteiger partial charge < -0.3 is 15.0 Å². The lowest BCUT2D eigenvalue weighted by Gasteiger charge is -2.13. The number of carbonyl (C=O) groups is 2. The van der Waals surface area contributed by atoms with E-state index in [1.54, 1.807) is 25.1 Å². The minimum Gasteiger partial charge on any atom is -0.459 e. The van der Waals surface area contributed by atoms with Gasteiger partial charge in [0.2, 0.25) is 0 Å². The molecule has 1 N–H and O–H groups in total. The van der Waals surface area contributed by atoms with Gasteiger partial charge in [-0.3, -0.25) is 4.79 Å². The SMILES string of the molecule is CCOC(=O)C(=O)Nc1cccc(N(C)C)c1. The lowest BCUT2D eigenvalue weighted by atomic mass is 10.2. The molecule has 1 aromatic carbocycles. The van der Waals surface area contributed by atoms with Crippen LogP contribution < -0.4 is 10.2 Å². The molecule has 0 aliphatic heterocycles. The van der Waals surface area contributed by atoms with Crippen molar-refractivity contribution < 1.29 is 14.3 Å². The lowest BCUT2D eigenvalue weighted by molar-refractivity contribution is -0.152. The van der Waals surface area contributed by atoms with Crippen LogP contribution in [0.2, 0.25) is 0 Å². The number of rotatable bonds is 3. The Morgan fingerprint density at radius 2 is 2.06 bits per heavy atom. The second-order valence-electron chi connectivity index (χ2n) is 3.62. The minimum atomic E-state index is -0.872. The fourth-order valence-corrected chi connectivity index (χ4v) is 1.24. The second kappa shape index (κ2) is 5.89. The Labute approximate surface area is 100 Å². The number of hydrogen-bond donors (Lipinski definition) is 1. The molecule has 0 aliphatic carbocycles. The summed E-state index contributed by atoms with van der Waals surface area (Å²) in [5, 5.41) is 2.48. The predicted molar refractivity (Wildman–Crippen MR) is 66.0 cm³/mol. The van der Waals surface area contributed by atoms with Gasteiger partial charge in [0.25, 0.3) is 0 Å². The zero-order chi connectivity index (χ0) is 12.8. The first-order chi connectivity index (χ1) is 8.04. The predicted octanol–water partition coefficient (Wildman–Crippen LogP) is 1.25. The van der Waals surface area contributed by atoms with Crippen LogP contribution in [-0.4, -0.2) is 32.6 Å². The molecule has 0 fully saturated rings. The molecule has 5 heteroatoms. The molecular formula is C12H16N2O3. The summed E-state index contributed by atoms with van der Waals surface area (Å²) in [6.07, 6.45) is 0. The van der Waals surface area contributed by atoms with E-state index in [9.17, 15) is 9.59 Å². The van der Waals surface area contributed by atoms with E-state index in [0.717, 1.165) is 5.69 Å². The zero-order valence-electron chi connectivity index (χ0n) is 10.2. The number of nitrogens with zero attached hydrogens (tertiary/aromatic N) is 1. The van der Waals surface area contributed by atoms with Crippen molar-refractivity contribution in [2.75, 3.05) is 30.9 Å². The van der Waals surface area contributed by atoms with E-state index < -0.39 is 11.9 Å². The van der Waals surface area contributed by atoms with E-state index in [1.807, 2.05) is 25.1 Å². The minimum absolute atomic E-state index is 0.185. The molecular weight excluding hydrogens is 220 g/mol. The van der Waals surface area contributed by atoms with Crippen LogP contribution in [-0.2, 0) is 14.3 Å². The standard InChI is InChI=1S/C12H16N2O3/c1-4-17-12(16)11(15)13-9-6-5-7-10(8-9)14(2)3/h5-8H,4H2,1-3H3,(H,13,15). The van der Waals surface area contributed by atoms with Gasteiger partial charge in [-0.05, 0) is 25.1 Å². The highest BCUT2D eigenvalue weighted by atomic mass is 16.5. The molecule has 17 heavy (non-hydrogen) atoms. The molecule has 0 atom stereocenters. The highest BCUT2D eigenvalue weighted by Gasteiger charge is 2.14. The van der Waals surface area contributed by atoms with E-state index in [1.165, 1.54) is 0 Å². The van der Waals surface area contributed by atoms with Gasteiger partial charge >= 0.3 is 11.9 Å². The summed E-state index contributed by atoms with van der Waals surface area (Å²) in [6.45, 7) is 1.84. The van der Waals surface area contributed by atoms with E-state index >= 15 is 0 Å². The van der Waals surface area contributed by atoms with Gasteiger partial charge in [-0.15, -0.1) is 0 Å². The molecule has 0 saturated carbocycles. The summed E-state index contributed by atoms with van der Waals surface area (Å²) in [6, 6.07) is 7.19. The molecule has 0 radical (unpaired) electrons. The van der Waals surface area contributed by atoms with E-state index in [0.29, 0.717) is 5.69 Å². The van der Waals surface area contributed by atoms with E-state index in [4.69, 9.17) is 0 Å². The van der Waals surface area contributed by atoms with Gasteiger partial charge in [-0.2, -0.15) is 0 Å². The van der Waals surface area contributed by atoms with Crippen LogP contribution in [0.15, 0.2) is 24.3 Å².